The highest BCUT2D eigenvalue weighted by molar-refractivity contribution is 6.31. The Kier molecular flexibility index (Phi) is 5.84. The summed E-state index contributed by atoms with van der Waals surface area (Å²) in [5, 5.41) is 3.52. The van der Waals surface area contributed by atoms with Gasteiger partial charge in [0.05, 0.1) is 0 Å². The fraction of sp³-hybridized carbons (Fsp3) is 0.533. The SMILES string of the molecule is Cc1cc(CC(CN)NC(=O)OC(C)(C)C)ccc1Cl. The third kappa shape index (κ3) is 5.80. The van der Waals surface area contributed by atoms with Gasteiger partial charge in [-0.2, -0.15) is 0 Å². The van der Waals surface area contributed by atoms with E-state index in [1.165, 1.54) is 0 Å². The zero-order valence-corrected chi connectivity index (χ0v) is 13.3. The zero-order chi connectivity index (χ0) is 15.3. The summed E-state index contributed by atoms with van der Waals surface area (Å²) < 4.78 is 5.22. The van der Waals surface area contributed by atoms with Gasteiger partial charge >= 0.3 is 6.09 Å². The first-order valence-corrected chi connectivity index (χ1v) is 7.03. The molecule has 1 unspecified atom stereocenters. The smallest absolute Gasteiger partial charge is 0.407 e. The van der Waals surface area contributed by atoms with Crippen LogP contribution in [-0.4, -0.2) is 24.3 Å². The van der Waals surface area contributed by atoms with E-state index in [2.05, 4.69) is 5.32 Å². The molecule has 0 aliphatic rings. The van der Waals surface area contributed by atoms with Gasteiger partial charge in [-0.25, -0.2) is 4.79 Å². The Hall–Kier alpha value is -1.26. The molecule has 0 saturated heterocycles. The van der Waals surface area contributed by atoms with Crippen LogP contribution in [0.4, 0.5) is 4.79 Å². The maximum atomic E-state index is 11.7. The largest absolute Gasteiger partial charge is 0.444 e. The van der Waals surface area contributed by atoms with Gasteiger partial charge in [-0.15, -0.1) is 0 Å². The molecule has 20 heavy (non-hydrogen) atoms. The zero-order valence-electron chi connectivity index (χ0n) is 12.5. The maximum Gasteiger partial charge on any atom is 0.407 e. The minimum Gasteiger partial charge on any atom is -0.444 e. The van der Waals surface area contributed by atoms with E-state index in [-0.39, 0.29) is 6.04 Å². The number of hydrogen-bond acceptors (Lipinski definition) is 3. The number of nitrogens with one attached hydrogen (secondary N) is 1. The number of carbonyl (C=O) groups excluding carboxylic acids is 1. The summed E-state index contributed by atoms with van der Waals surface area (Å²) in [5.74, 6) is 0. The van der Waals surface area contributed by atoms with Crippen LogP contribution < -0.4 is 11.1 Å². The molecule has 0 fully saturated rings. The molecule has 0 bridgehead atoms. The summed E-state index contributed by atoms with van der Waals surface area (Å²) >= 11 is 5.99. The van der Waals surface area contributed by atoms with E-state index in [1.807, 2.05) is 45.9 Å². The van der Waals surface area contributed by atoms with Crippen LogP contribution in [0.5, 0.6) is 0 Å². The van der Waals surface area contributed by atoms with E-state index in [0.29, 0.717) is 13.0 Å². The number of carbonyl (C=O) groups is 1. The van der Waals surface area contributed by atoms with E-state index in [1.54, 1.807) is 0 Å². The highest BCUT2D eigenvalue weighted by Gasteiger charge is 2.19. The van der Waals surface area contributed by atoms with Crippen molar-refractivity contribution in [2.45, 2.75) is 45.8 Å². The van der Waals surface area contributed by atoms with Gasteiger partial charge in [0.15, 0.2) is 0 Å². The fourth-order valence-electron chi connectivity index (χ4n) is 1.79. The van der Waals surface area contributed by atoms with Crippen LogP contribution in [0.3, 0.4) is 0 Å². The van der Waals surface area contributed by atoms with Crippen molar-refractivity contribution in [3.05, 3.63) is 34.3 Å². The first kappa shape index (κ1) is 16.8. The number of halogens is 1. The Bertz CT molecular complexity index is 469. The second-order valence-electron chi connectivity index (χ2n) is 5.87. The van der Waals surface area contributed by atoms with Crippen LogP contribution in [0.1, 0.15) is 31.9 Å². The topological polar surface area (TPSA) is 64.3 Å². The predicted molar refractivity (Wildman–Crippen MR) is 82.1 cm³/mol. The molecule has 1 rings (SSSR count). The standard InChI is InChI=1S/C15H23ClN2O2/c1-10-7-11(5-6-13(10)16)8-12(9-17)18-14(19)20-15(2,3)4/h5-7,12H,8-9,17H2,1-4H3,(H,18,19). The summed E-state index contributed by atoms with van der Waals surface area (Å²) in [6, 6.07) is 5.63. The number of hydrogen-bond donors (Lipinski definition) is 2. The molecule has 0 radical (unpaired) electrons. The lowest BCUT2D eigenvalue weighted by atomic mass is 10.0. The Balaban J connectivity index is 2.63. The molecule has 0 spiro atoms. The van der Waals surface area contributed by atoms with Gasteiger partial charge in [-0.05, 0) is 51.3 Å². The number of nitrogens with two attached hydrogens (primary N) is 1. The minimum atomic E-state index is -0.514. The Labute approximate surface area is 125 Å². The van der Waals surface area contributed by atoms with Gasteiger partial charge in [-0.1, -0.05) is 23.7 Å². The number of alkyl carbamates (subject to hydrolysis) is 1. The molecule has 1 atom stereocenters. The Morgan fingerprint density at radius 1 is 1.45 bits per heavy atom. The fourth-order valence-corrected chi connectivity index (χ4v) is 1.90. The normalized spacial score (nSPS) is 12.9. The monoisotopic (exact) mass is 298 g/mol. The average Bonchev–Trinajstić information content (AvgIpc) is 2.30. The molecule has 1 aromatic rings. The number of amides is 1. The first-order valence-electron chi connectivity index (χ1n) is 6.66. The van der Waals surface area contributed by atoms with Crippen LogP contribution in [0.15, 0.2) is 18.2 Å². The molecule has 0 aromatic heterocycles. The minimum absolute atomic E-state index is 0.162. The summed E-state index contributed by atoms with van der Waals surface area (Å²) in [6.45, 7) is 7.78. The van der Waals surface area contributed by atoms with Crippen molar-refractivity contribution in [1.29, 1.82) is 0 Å². The highest BCUT2D eigenvalue weighted by Crippen LogP contribution is 2.17. The van der Waals surface area contributed by atoms with Gasteiger partial charge in [-0.3, -0.25) is 0 Å². The van der Waals surface area contributed by atoms with E-state index in [0.717, 1.165) is 16.1 Å². The Morgan fingerprint density at radius 3 is 2.60 bits per heavy atom. The first-order chi connectivity index (χ1) is 9.21. The summed E-state index contributed by atoms with van der Waals surface area (Å²) in [5.41, 5.74) is 7.28. The van der Waals surface area contributed by atoms with Gasteiger partial charge in [0.25, 0.3) is 0 Å². The van der Waals surface area contributed by atoms with Crippen molar-refractivity contribution in [3.63, 3.8) is 0 Å². The number of aryl methyl sites for hydroxylation is 1. The lowest BCUT2D eigenvalue weighted by Crippen LogP contribution is -2.44. The quantitative estimate of drug-likeness (QED) is 0.898. The van der Waals surface area contributed by atoms with Gasteiger partial charge in [0.2, 0.25) is 0 Å². The van der Waals surface area contributed by atoms with Crippen molar-refractivity contribution in [2.24, 2.45) is 5.73 Å². The van der Waals surface area contributed by atoms with Crippen molar-refractivity contribution < 1.29 is 9.53 Å². The number of benzene rings is 1. The van der Waals surface area contributed by atoms with Crippen molar-refractivity contribution in [1.82, 2.24) is 5.32 Å². The molecule has 1 aromatic carbocycles. The average molecular weight is 299 g/mol. The molecule has 3 N–H and O–H groups in total. The third-order valence-corrected chi connectivity index (χ3v) is 3.13. The van der Waals surface area contributed by atoms with Crippen LogP contribution in [0, 0.1) is 6.92 Å². The number of ether oxygens (including phenoxy) is 1. The summed E-state index contributed by atoms with van der Waals surface area (Å²) in [6.07, 6.45) is 0.201. The second kappa shape index (κ2) is 6.95. The molecule has 0 saturated carbocycles. The van der Waals surface area contributed by atoms with E-state index in [9.17, 15) is 4.79 Å². The molecule has 1 amide bonds. The van der Waals surface area contributed by atoms with E-state index >= 15 is 0 Å². The Morgan fingerprint density at radius 2 is 2.10 bits per heavy atom. The number of rotatable bonds is 4. The molecular formula is C15H23ClN2O2. The molecule has 112 valence electrons. The van der Waals surface area contributed by atoms with Gasteiger partial charge < -0.3 is 15.8 Å². The van der Waals surface area contributed by atoms with Gasteiger partial charge in [0.1, 0.15) is 5.60 Å². The molecule has 0 aliphatic heterocycles. The lowest BCUT2D eigenvalue weighted by molar-refractivity contribution is 0.0506. The van der Waals surface area contributed by atoms with Crippen LogP contribution >= 0.6 is 11.6 Å². The molecule has 0 heterocycles. The van der Waals surface area contributed by atoms with Gasteiger partial charge in [0, 0.05) is 17.6 Å². The molecule has 4 nitrogen and oxygen atoms in total. The lowest BCUT2D eigenvalue weighted by Gasteiger charge is -2.23. The molecule has 0 aliphatic carbocycles. The maximum absolute atomic E-state index is 11.7. The predicted octanol–water partition coefficient (Wildman–Crippen LogP) is 3.04. The third-order valence-electron chi connectivity index (χ3n) is 2.71. The second-order valence-corrected chi connectivity index (χ2v) is 6.27. The van der Waals surface area contributed by atoms with Crippen LogP contribution in [0.25, 0.3) is 0 Å². The molecular weight excluding hydrogens is 276 g/mol. The van der Waals surface area contributed by atoms with E-state index in [4.69, 9.17) is 22.1 Å². The highest BCUT2D eigenvalue weighted by atomic mass is 35.5. The van der Waals surface area contributed by atoms with Crippen molar-refractivity contribution in [3.8, 4) is 0 Å². The van der Waals surface area contributed by atoms with Crippen molar-refractivity contribution >= 4 is 17.7 Å². The van der Waals surface area contributed by atoms with E-state index < -0.39 is 11.7 Å². The van der Waals surface area contributed by atoms with Crippen LogP contribution in [-0.2, 0) is 11.2 Å². The van der Waals surface area contributed by atoms with Crippen molar-refractivity contribution in [2.75, 3.05) is 6.54 Å². The summed E-state index contributed by atoms with van der Waals surface area (Å²) in [4.78, 5) is 11.7. The van der Waals surface area contributed by atoms with Crippen LogP contribution in [0.2, 0.25) is 5.02 Å². The molecule has 5 heteroatoms. The summed E-state index contributed by atoms with van der Waals surface area (Å²) in [7, 11) is 0.